The Hall–Kier alpha value is -3.84. The maximum atomic E-state index is 13.0. The summed E-state index contributed by atoms with van der Waals surface area (Å²) >= 11 is 12.4. The molecule has 0 bridgehead atoms. The Labute approximate surface area is 294 Å². The van der Waals surface area contributed by atoms with Gasteiger partial charge in [0.25, 0.3) is 0 Å². The summed E-state index contributed by atoms with van der Waals surface area (Å²) in [7, 11) is 2.14. The van der Waals surface area contributed by atoms with Crippen molar-refractivity contribution in [1.29, 1.82) is 0 Å². The van der Waals surface area contributed by atoms with Gasteiger partial charge >= 0.3 is 5.97 Å². The van der Waals surface area contributed by atoms with Gasteiger partial charge in [0.2, 0.25) is 5.78 Å². The summed E-state index contributed by atoms with van der Waals surface area (Å²) in [5.41, 5.74) is 1.83. The maximum Gasteiger partial charge on any atom is 0.338 e. The van der Waals surface area contributed by atoms with E-state index >= 15 is 0 Å². The van der Waals surface area contributed by atoms with Gasteiger partial charge in [-0.2, -0.15) is 0 Å². The lowest BCUT2D eigenvalue weighted by atomic mass is 9.83. The van der Waals surface area contributed by atoms with Gasteiger partial charge in [0.1, 0.15) is 17.1 Å². The third-order valence-electron chi connectivity index (χ3n) is 8.36. The lowest BCUT2D eigenvalue weighted by Crippen LogP contribution is -2.43. The molecular weight excluding hydrogens is 645 g/mol. The fraction of sp³-hybridized carbons (Fsp3) is 0.350. The second-order valence-electron chi connectivity index (χ2n) is 13.6. The third kappa shape index (κ3) is 9.85. The monoisotopic (exact) mass is 689 g/mol. The fourth-order valence-electron chi connectivity index (χ4n) is 5.32. The van der Waals surface area contributed by atoms with Crippen LogP contribution < -0.4 is 9.47 Å². The van der Waals surface area contributed by atoms with E-state index in [1.165, 1.54) is 5.56 Å². The number of Topliss-reactive ketones (excluding diaryl/α,β-unsaturated/α-hetero) is 1. The molecule has 0 spiro atoms. The SMILES string of the molecule is CN(CCCc1ccc(OC(C)(C)C(=O)COc2ccc(C(=O)OC(C)(C)C)cc2)cc1)C(C)(c1ccc(Cl)cc1)c1ccc(Cl)cc1. The van der Waals surface area contributed by atoms with E-state index < -0.39 is 17.2 Å². The fourth-order valence-corrected chi connectivity index (χ4v) is 5.57. The predicted molar refractivity (Wildman–Crippen MR) is 194 cm³/mol. The second kappa shape index (κ2) is 15.6. The highest BCUT2D eigenvalue weighted by Gasteiger charge is 2.33. The molecule has 0 aliphatic carbocycles. The molecule has 254 valence electrons. The van der Waals surface area contributed by atoms with Crippen molar-refractivity contribution in [3.8, 4) is 11.5 Å². The zero-order valence-corrected chi connectivity index (χ0v) is 30.3. The van der Waals surface area contributed by atoms with Crippen molar-refractivity contribution in [2.45, 2.75) is 71.1 Å². The number of hydrogen-bond acceptors (Lipinski definition) is 6. The molecule has 0 aromatic heterocycles. The standard InChI is InChI=1S/C40H45Cl2NO5/c1-38(2,3)48-37(45)29-12-24-34(25-13-29)46-27-36(44)39(4,5)47-35-22-10-28(11-23-35)9-8-26-43(7)40(6,30-14-18-32(41)19-15-30)31-16-20-33(42)21-17-31/h10-25H,8-9,26-27H2,1-7H3. The number of hydrogen-bond donors (Lipinski definition) is 0. The average Bonchev–Trinajstić information content (AvgIpc) is 3.04. The minimum atomic E-state index is -1.10. The first-order valence-corrected chi connectivity index (χ1v) is 16.8. The van der Waals surface area contributed by atoms with Crippen LogP contribution >= 0.6 is 23.2 Å². The molecule has 0 saturated carbocycles. The van der Waals surface area contributed by atoms with Gasteiger partial charge in [-0.1, -0.05) is 59.6 Å². The first-order valence-electron chi connectivity index (χ1n) is 16.1. The molecule has 0 saturated heterocycles. The van der Waals surface area contributed by atoms with Crippen molar-refractivity contribution in [1.82, 2.24) is 4.90 Å². The molecule has 0 aliphatic rings. The zero-order valence-electron chi connectivity index (χ0n) is 28.8. The van der Waals surface area contributed by atoms with Gasteiger partial charge in [0, 0.05) is 10.0 Å². The van der Waals surface area contributed by atoms with E-state index in [0.717, 1.165) is 30.5 Å². The molecule has 4 rings (SSSR count). The topological polar surface area (TPSA) is 65.1 Å². The van der Waals surface area contributed by atoms with Crippen LogP contribution in [-0.2, 0) is 21.5 Å². The summed E-state index contributed by atoms with van der Waals surface area (Å²) in [4.78, 5) is 27.6. The van der Waals surface area contributed by atoms with Crippen molar-refractivity contribution in [3.63, 3.8) is 0 Å². The molecule has 4 aromatic rings. The lowest BCUT2D eigenvalue weighted by molar-refractivity contribution is -0.134. The number of esters is 1. The molecule has 0 atom stereocenters. The minimum absolute atomic E-state index is 0.171. The normalized spacial score (nSPS) is 12.1. The molecule has 8 heteroatoms. The molecule has 6 nitrogen and oxygen atoms in total. The molecule has 0 N–H and O–H groups in total. The van der Waals surface area contributed by atoms with Crippen LogP contribution in [0.25, 0.3) is 0 Å². The van der Waals surface area contributed by atoms with Crippen LogP contribution in [0.1, 0.15) is 75.0 Å². The van der Waals surface area contributed by atoms with Crippen molar-refractivity contribution < 1.29 is 23.8 Å². The molecule has 0 radical (unpaired) electrons. The summed E-state index contributed by atoms with van der Waals surface area (Å²) in [6.07, 6.45) is 1.82. The molecule has 4 aromatic carbocycles. The summed E-state index contributed by atoms with van der Waals surface area (Å²) in [6, 6.07) is 30.4. The highest BCUT2D eigenvalue weighted by Crippen LogP contribution is 2.36. The molecule has 0 aliphatic heterocycles. The number of aryl methyl sites for hydroxylation is 1. The minimum Gasteiger partial charge on any atom is -0.486 e. The number of carbonyl (C=O) groups excluding carboxylic acids is 2. The van der Waals surface area contributed by atoms with Crippen LogP contribution in [0.5, 0.6) is 11.5 Å². The highest BCUT2D eigenvalue weighted by atomic mass is 35.5. The van der Waals surface area contributed by atoms with Crippen molar-refractivity contribution in [2.75, 3.05) is 20.2 Å². The molecule has 48 heavy (non-hydrogen) atoms. The molecule has 0 fully saturated rings. The van der Waals surface area contributed by atoms with Crippen LogP contribution in [0.15, 0.2) is 97.1 Å². The number of benzene rings is 4. The van der Waals surface area contributed by atoms with E-state index in [4.69, 9.17) is 37.4 Å². The van der Waals surface area contributed by atoms with E-state index in [2.05, 4.69) is 43.1 Å². The number of ether oxygens (including phenoxy) is 3. The Morgan fingerprint density at radius 2 is 1.19 bits per heavy atom. The zero-order chi connectivity index (χ0) is 35.1. The quantitative estimate of drug-likeness (QED) is 0.123. The van der Waals surface area contributed by atoms with Gasteiger partial charge in [-0.05, 0) is 145 Å². The summed E-state index contributed by atoms with van der Waals surface area (Å²) in [5, 5.41) is 1.41. The predicted octanol–water partition coefficient (Wildman–Crippen LogP) is 9.58. The number of rotatable bonds is 14. The van der Waals surface area contributed by atoms with Crippen LogP contribution in [0.4, 0.5) is 0 Å². The van der Waals surface area contributed by atoms with E-state index in [1.807, 2.05) is 69.3 Å². The second-order valence-corrected chi connectivity index (χ2v) is 14.5. The smallest absolute Gasteiger partial charge is 0.338 e. The van der Waals surface area contributed by atoms with Crippen LogP contribution in [0.2, 0.25) is 10.0 Å². The third-order valence-corrected chi connectivity index (χ3v) is 8.87. The van der Waals surface area contributed by atoms with E-state index in [0.29, 0.717) is 27.1 Å². The maximum absolute atomic E-state index is 13.0. The Kier molecular flexibility index (Phi) is 12.0. The molecule has 0 amide bonds. The van der Waals surface area contributed by atoms with Gasteiger partial charge in [0.05, 0.1) is 11.1 Å². The highest BCUT2D eigenvalue weighted by molar-refractivity contribution is 6.30. The Morgan fingerprint density at radius 1 is 0.688 bits per heavy atom. The van der Waals surface area contributed by atoms with Gasteiger partial charge in [-0.15, -0.1) is 0 Å². The number of nitrogens with zero attached hydrogens (tertiary/aromatic N) is 1. The van der Waals surface area contributed by atoms with Crippen molar-refractivity contribution in [3.05, 3.63) is 129 Å². The Morgan fingerprint density at radius 3 is 1.69 bits per heavy atom. The molecular formula is C40H45Cl2NO5. The summed E-state index contributed by atoms with van der Waals surface area (Å²) in [6.45, 7) is 11.8. The molecule has 0 unspecified atom stereocenters. The molecule has 0 heterocycles. The first kappa shape index (κ1) is 37.0. The number of carbonyl (C=O) groups is 2. The Bertz CT molecular complexity index is 1610. The van der Waals surface area contributed by atoms with E-state index in [9.17, 15) is 9.59 Å². The van der Waals surface area contributed by atoms with E-state index in [-0.39, 0.29) is 17.9 Å². The van der Waals surface area contributed by atoms with Crippen LogP contribution in [-0.4, -0.2) is 48.1 Å². The van der Waals surface area contributed by atoms with Gasteiger partial charge in [-0.3, -0.25) is 9.69 Å². The summed E-state index contributed by atoms with van der Waals surface area (Å²) < 4.78 is 17.2. The van der Waals surface area contributed by atoms with Gasteiger partial charge in [0.15, 0.2) is 12.2 Å². The first-order chi connectivity index (χ1) is 22.6. The largest absolute Gasteiger partial charge is 0.486 e. The van der Waals surface area contributed by atoms with Gasteiger partial charge < -0.3 is 14.2 Å². The number of halogens is 2. The number of ketones is 1. The summed E-state index contributed by atoms with van der Waals surface area (Å²) in [5.74, 6) is 0.455. The average molecular weight is 691 g/mol. The lowest BCUT2D eigenvalue weighted by Gasteiger charge is -2.40. The van der Waals surface area contributed by atoms with Crippen LogP contribution in [0, 0.1) is 0 Å². The van der Waals surface area contributed by atoms with Gasteiger partial charge in [-0.25, -0.2) is 4.79 Å². The van der Waals surface area contributed by atoms with Crippen LogP contribution in [0.3, 0.4) is 0 Å². The van der Waals surface area contributed by atoms with Crippen molar-refractivity contribution in [2.24, 2.45) is 0 Å². The Balaban J connectivity index is 1.30. The van der Waals surface area contributed by atoms with E-state index in [1.54, 1.807) is 38.1 Å². The van der Waals surface area contributed by atoms with Crippen molar-refractivity contribution >= 4 is 35.0 Å².